The molecule has 1 saturated carbocycles. The molecule has 230 valence electrons. The van der Waals surface area contributed by atoms with Crippen LogP contribution in [0.15, 0.2) is 78.9 Å². The summed E-state index contributed by atoms with van der Waals surface area (Å²) in [4.78, 5) is 29.4. The third-order valence-corrected chi connectivity index (χ3v) is 9.16. The number of hydrogen-bond acceptors (Lipinski definition) is 5. The summed E-state index contributed by atoms with van der Waals surface area (Å²) < 4.78 is 31.8. The molecule has 0 aliphatic heterocycles. The van der Waals surface area contributed by atoms with E-state index in [2.05, 4.69) is 5.32 Å². The number of rotatable bonds is 14. The van der Waals surface area contributed by atoms with Gasteiger partial charge in [-0.1, -0.05) is 66.9 Å². The van der Waals surface area contributed by atoms with Crippen molar-refractivity contribution < 1.29 is 22.7 Å². The van der Waals surface area contributed by atoms with Gasteiger partial charge >= 0.3 is 0 Å². The highest BCUT2D eigenvalue weighted by Gasteiger charge is 2.32. The lowest BCUT2D eigenvalue weighted by Crippen LogP contribution is -2.52. The monoisotopic (exact) mass is 625 g/mol. The number of sulfonamides is 1. The van der Waals surface area contributed by atoms with Crippen molar-refractivity contribution in [1.29, 1.82) is 0 Å². The first-order valence-electron chi connectivity index (χ1n) is 14.6. The average molecular weight is 626 g/mol. The molecule has 1 N–H and O–H groups in total. The lowest BCUT2D eigenvalue weighted by molar-refractivity contribution is -0.141. The molecule has 1 aliphatic rings. The first kappa shape index (κ1) is 32.4. The molecular formula is C33H40ClN3O5S. The van der Waals surface area contributed by atoms with Crippen molar-refractivity contribution in [2.75, 3.05) is 24.2 Å². The number of carbonyl (C=O) groups excluding carboxylic acids is 2. The molecule has 3 aromatic rings. The predicted molar refractivity (Wildman–Crippen MR) is 171 cm³/mol. The zero-order valence-electron chi connectivity index (χ0n) is 24.7. The van der Waals surface area contributed by atoms with Crippen LogP contribution in [0.1, 0.15) is 49.7 Å². The maximum absolute atomic E-state index is 14.0. The maximum Gasteiger partial charge on any atom is 0.243 e. The second kappa shape index (κ2) is 15.3. The third-order valence-electron chi connectivity index (χ3n) is 7.73. The first-order chi connectivity index (χ1) is 20.6. The second-order valence-electron chi connectivity index (χ2n) is 11.0. The minimum Gasteiger partial charge on any atom is -0.497 e. The summed E-state index contributed by atoms with van der Waals surface area (Å²) in [6.45, 7) is 0.308. The summed E-state index contributed by atoms with van der Waals surface area (Å²) in [6, 6.07) is 23.0. The highest BCUT2D eigenvalue weighted by molar-refractivity contribution is 7.92. The Bertz CT molecular complexity index is 1460. The first-order valence-corrected chi connectivity index (χ1v) is 16.9. The number of anilines is 1. The van der Waals surface area contributed by atoms with Gasteiger partial charge in [0.2, 0.25) is 21.8 Å². The summed E-state index contributed by atoms with van der Waals surface area (Å²) in [7, 11) is -2.06. The van der Waals surface area contributed by atoms with E-state index in [1.54, 1.807) is 48.4 Å². The molecule has 1 fully saturated rings. The van der Waals surface area contributed by atoms with Crippen LogP contribution in [0, 0.1) is 0 Å². The predicted octanol–water partition coefficient (Wildman–Crippen LogP) is 5.59. The van der Waals surface area contributed by atoms with Crippen molar-refractivity contribution in [3.63, 3.8) is 0 Å². The van der Waals surface area contributed by atoms with Crippen LogP contribution in [0.2, 0.25) is 5.02 Å². The van der Waals surface area contributed by atoms with Gasteiger partial charge in [-0.15, -0.1) is 0 Å². The Morgan fingerprint density at radius 3 is 2.28 bits per heavy atom. The smallest absolute Gasteiger partial charge is 0.243 e. The fourth-order valence-electron chi connectivity index (χ4n) is 5.51. The minimum absolute atomic E-state index is 0.0603. The summed E-state index contributed by atoms with van der Waals surface area (Å²) >= 11 is 6.28. The normalized spacial score (nSPS) is 14.2. The van der Waals surface area contributed by atoms with E-state index in [-0.39, 0.29) is 43.8 Å². The molecule has 0 radical (unpaired) electrons. The SMILES string of the molecule is COc1ccc(N(CCCC(=O)N(Cc2cccc(Cl)c2)[C@@H](Cc2ccccc2)C(=O)NC2CCCC2)S(C)(=O)=O)cc1. The molecule has 2 amide bonds. The molecule has 3 aromatic carbocycles. The van der Waals surface area contributed by atoms with Crippen LogP contribution < -0.4 is 14.4 Å². The zero-order valence-corrected chi connectivity index (χ0v) is 26.3. The molecule has 1 aliphatic carbocycles. The van der Waals surface area contributed by atoms with Gasteiger partial charge in [0.25, 0.3) is 0 Å². The van der Waals surface area contributed by atoms with E-state index in [0.29, 0.717) is 22.9 Å². The molecule has 43 heavy (non-hydrogen) atoms. The van der Waals surface area contributed by atoms with Gasteiger partial charge in [0.15, 0.2) is 0 Å². The van der Waals surface area contributed by atoms with Gasteiger partial charge in [0.1, 0.15) is 11.8 Å². The molecule has 0 unspecified atom stereocenters. The van der Waals surface area contributed by atoms with E-state index in [1.165, 1.54) is 4.31 Å². The lowest BCUT2D eigenvalue weighted by Gasteiger charge is -2.33. The van der Waals surface area contributed by atoms with E-state index < -0.39 is 16.1 Å². The van der Waals surface area contributed by atoms with Crippen molar-refractivity contribution in [2.45, 2.75) is 63.6 Å². The van der Waals surface area contributed by atoms with Crippen molar-refractivity contribution in [1.82, 2.24) is 10.2 Å². The molecule has 8 nitrogen and oxygen atoms in total. The van der Waals surface area contributed by atoms with Crippen molar-refractivity contribution in [2.24, 2.45) is 0 Å². The highest BCUT2D eigenvalue weighted by atomic mass is 35.5. The van der Waals surface area contributed by atoms with Crippen molar-refractivity contribution >= 4 is 39.1 Å². The Morgan fingerprint density at radius 2 is 1.65 bits per heavy atom. The van der Waals surface area contributed by atoms with Gasteiger partial charge in [0, 0.05) is 37.0 Å². The van der Waals surface area contributed by atoms with Gasteiger partial charge in [-0.05, 0) is 66.8 Å². The van der Waals surface area contributed by atoms with Crippen LogP contribution in [-0.2, 0) is 32.6 Å². The molecule has 0 heterocycles. The molecule has 1 atom stereocenters. The summed E-state index contributed by atoms with van der Waals surface area (Å²) in [5, 5.41) is 3.74. The second-order valence-corrected chi connectivity index (χ2v) is 13.3. The Labute approximate surface area is 260 Å². The lowest BCUT2D eigenvalue weighted by atomic mass is 10.0. The number of methoxy groups -OCH3 is 1. The average Bonchev–Trinajstić information content (AvgIpc) is 3.50. The number of ether oxygens (including phenoxy) is 1. The molecule has 10 heteroatoms. The number of amides is 2. The van der Waals surface area contributed by atoms with Gasteiger partial charge < -0.3 is 15.0 Å². The molecule has 4 rings (SSSR count). The highest BCUT2D eigenvalue weighted by Crippen LogP contribution is 2.24. The van der Waals surface area contributed by atoms with E-state index in [4.69, 9.17) is 16.3 Å². The standard InChI is InChI=1S/C33H40ClN3O5S/c1-42-30-19-17-29(18-20-30)37(43(2,40)41)21-9-16-32(38)36(24-26-12-8-13-27(34)22-26)31(23-25-10-4-3-5-11-25)33(39)35-28-14-6-7-15-28/h3-5,8,10-13,17-20,22,28,31H,6-7,9,14-16,21,23-24H2,1-2H3,(H,35,39)/t31-/m0/s1. The topological polar surface area (TPSA) is 96.0 Å². The molecule has 0 aromatic heterocycles. The number of nitrogens with one attached hydrogen (secondary N) is 1. The van der Waals surface area contributed by atoms with E-state index in [9.17, 15) is 18.0 Å². The van der Waals surface area contributed by atoms with Crippen molar-refractivity contribution in [3.8, 4) is 5.75 Å². The Hall–Kier alpha value is -3.56. The van der Waals surface area contributed by atoms with E-state index in [1.807, 2.05) is 42.5 Å². The van der Waals surface area contributed by atoms with Gasteiger partial charge in [-0.3, -0.25) is 13.9 Å². The molecule has 0 saturated heterocycles. The van der Waals surface area contributed by atoms with Crippen LogP contribution >= 0.6 is 11.6 Å². The van der Waals surface area contributed by atoms with Crippen LogP contribution in [0.3, 0.4) is 0 Å². The largest absolute Gasteiger partial charge is 0.497 e. The van der Waals surface area contributed by atoms with E-state index in [0.717, 1.165) is 43.1 Å². The molecular weight excluding hydrogens is 586 g/mol. The fourth-order valence-corrected chi connectivity index (χ4v) is 6.68. The maximum atomic E-state index is 14.0. The van der Waals surface area contributed by atoms with Gasteiger partial charge in [0.05, 0.1) is 19.1 Å². The quantitative estimate of drug-likeness (QED) is 0.252. The van der Waals surface area contributed by atoms with Crippen LogP contribution in [0.4, 0.5) is 5.69 Å². The van der Waals surface area contributed by atoms with Crippen LogP contribution in [0.5, 0.6) is 5.75 Å². The number of hydrogen-bond donors (Lipinski definition) is 1. The Balaban J connectivity index is 1.57. The van der Waals surface area contributed by atoms with Crippen molar-refractivity contribution in [3.05, 3.63) is 95.0 Å². The Morgan fingerprint density at radius 1 is 0.977 bits per heavy atom. The number of carbonyl (C=O) groups is 2. The summed E-state index contributed by atoms with van der Waals surface area (Å²) in [5.41, 5.74) is 2.24. The third kappa shape index (κ3) is 9.46. The number of benzene rings is 3. The number of halogens is 1. The number of nitrogens with zero attached hydrogens (tertiary/aromatic N) is 2. The zero-order chi connectivity index (χ0) is 30.8. The van der Waals surface area contributed by atoms with Gasteiger partial charge in [-0.2, -0.15) is 0 Å². The summed E-state index contributed by atoms with van der Waals surface area (Å²) in [6.07, 6.45) is 5.84. The molecule has 0 spiro atoms. The van der Waals surface area contributed by atoms with E-state index >= 15 is 0 Å². The summed E-state index contributed by atoms with van der Waals surface area (Å²) in [5.74, 6) is 0.206. The minimum atomic E-state index is -3.60. The van der Waals surface area contributed by atoms with Crippen LogP contribution in [-0.4, -0.2) is 57.1 Å². The fraction of sp³-hybridized carbons (Fsp3) is 0.394. The Kier molecular flexibility index (Phi) is 11.5. The van der Waals surface area contributed by atoms with Crippen LogP contribution in [0.25, 0.3) is 0 Å². The molecule has 0 bridgehead atoms. The van der Waals surface area contributed by atoms with Gasteiger partial charge in [-0.25, -0.2) is 8.42 Å².